The average Bonchev–Trinajstić information content (AvgIpc) is 3.08. The number of hydrogen-bond acceptors (Lipinski definition) is 6. The number of nitrogens with zero attached hydrogens (tertiary/aromatic N) is 5. The fourth-order valence-electron chi connectivity index (χ4n) is 4.28. The van der Waals surface area contributed by atoms with Gasteiger partial charge in [-0.25, -0.2) is 4.98 Å². The molecule has 5 rings (SSSR count). The van der Waals surface area contributed by atoms with Crippen LogP contribution in [0.1, 0.15) is 44.9 Å². The zero-order valence-electron chi connectivity index (χ0n) is 18.0. The molecular formula is C24H23N5O3. The third-order valence-corrected chi connectivity index (χ3v) is 6.01. The predicted molar refractivity (Wildman–Crippen MR) is 120 cm³/mol. The first-order valence-electron chi connectivity index (χ1n) is 10.7. The fraction of sp³-hybridized carbons (Fsp3) is 0.292. The van der Waals surface area contributed by atoms with E-state index in [2.05, 4.69) is 14.9 Å². The number of fused-ring (bicyclic) bond motifs is 2. The molecule has 1 fully saturated rings. The van der Waals surface area contributed by atoms with Crippen LogP contribution in [0, 0.1) is 0 Å². The number of para-hydroxylation sites is 2. The van der Waals surface area contributed by atoms with Gasteiger partial charge in [0.05, 0.1) is 28.4 Å². The topological polar surface area (TPSA) is 86.7 Å². The molecule has 0 aliphatic carbocycles. The smallest absolute Gasteiger partial charge is 0.261 e. The Kier molecular flexibility index (Phi) is 4.84. The van der Waals surface area contributed by atoms with Gasteiger partial charge in [0.2, 0.25) is 0 Å². The standard InChI is InChI=1S/C24H23N5O3/c1-15(2)29-23(31)17-8-7-16(13-18(17)24(29)32)22(30)28-11-9-27(10-12-28)21-14-25-19-5-3-4-6-20(19)26-21/h3-8,13-15H,9-12H2,1-2H3. The molecule has 1 aromatic heterocycles. The summed E-state index contributed by atoms with van der Waals surface area (Å²) in [7, 11) is 0. The van der Waals surface area contributed by atoms with Crippen LogP contribution >= 0.6 is 0 Å². The molecule has 0 saturated carbocycles. The Morgan fingerprint density at radius 2 is 1.59 bits per heavy atom. The molecular weight excluding hydrogens is 406 g/mol. The molecule has 2 aromatic carbocycles. The first-order chi connectivity index (χ1) is 15.4. The summed E-state index contributed by atoms with van der Waals surface area (Å²) in [5, 5.41) is 0. The SMILES string of the molecule is CC(C)N1C(=O)c2ccc(C(=O)N3CCN(c4cnc5ccccc5n4)CC3)cc2C1=O. The number of imide groups is 1. The highest BCUT2D eigenvalue weighted by molar-refractivity contribution is 6.22. The summed E-state index contributed by atoms with van der Waals surface area (Å²) in [6, 6.07) is 12.3. The Balaban J connectivity index is 1.30. The summed E-state index contributed by atoms with van der Waals surface area (Å²) in [6.07, 6.45) is 1.77. The van der Waals surface area contributed by atoms with E-state index in [1.54, 1.807) is 43.1 Å². The first-order valence-corrected chi connectivity index (χ1v) is 10.7. The number of rotatable bonds is 3. The number of benzene rings is 2. The van der Waals surface area contributed by atoms with Gasteiger partial charge < -0.3 is 9.80 Å². The Bertz CT molecular complexity index is 1250. The van der Waals surface area contributed by atoms with Crippen LogP contribution in [-0.2, 0) is 0 Å². The van der Waals surface area contributed by atoms with Crippen LogP contribution in [0.4, 0.5) is 5.82 Å². The number of anilines is 1. The molecule has 3 aromatic rings. The van der Waals surface area contributed by atoms with Gasteiger partial charge in [0.25, 0.3) is 17.7 Å². The lowest BCUT2D eigenvalue weighted by molar-refractivity contribution is 0.0608. The van der Waals surface area contributed by atoms with Crippen molar-refractivity contribution < 1.29 is 14.4 Å². The van der Waals surface area contributed by atoms with E-state index in [-0.39, 0.29) is 23.8 Å². The van der Waals surface area contributed by atoms with Gasteiger partial charge >= 0.3 is 0 Å². The maximum absolute atomic E-state index is 13.1. The van der Waals surface area contributed by atoms with E-state index in [4.69, 9.17) is 0 Å². The van der Waals surface area contributed by atoms with Crippen LogP contribution in [0.15, 0.2) is 48.7 Å². The lowest BCUT2D eigenvalue weighted by Gasteiger charge is -2.35. The number of carbonyl (C=O) groups is 3. The highest BCUT2D eigenvalue weighted by Gasteiger charge is 2.37. The van der Waals surface area contributed by atoms with Gasteiger partial charge in [-0.1, -0.05) is 12.1 Å². The largest absolute Gasteiger partial charge is 0.352 e. The van der Waals surface area contributed by atoms with Crippen molar-refractivity contribution in [1.82, 2.24) is 19.8 Å². The summed E-state index contributed by atoms with van der Waals surface area (Å²) >= 11 is 0. The van der Waals surface area contributed by atoms with Crippen molar-refractivity contribution >= 4 is 34.6 Å². The number of amides is 3. The Labute approximate surface area is 185 Å². The van der Waals surface area contributed by atoms with Gasteiger partial charge in [0, 0.05) is 37.8 Å². The summed E-state index contributed by atoms with van der Waals surface area (Å²) in [6.45, 7) is 5.95. The van der Waals surface area contributed by atoms with Crippen molar-refractivity contribution in [3.63, 3.8) is 0 Å². The van der Waals surface area contributed by atoms with E-state index < -0.39 is 0 Å². The molecule has 0 bridgehead atoms. The molecule has 3 amide bonds. The molecule has 8 nitrogen and oxygen atoms in total. The van der Waals surface area contributed by atoms with Gasteiger partial charge in [-0.05, 0) is 44.2 Å². The summed E-state index contributed by atoms with van der Waals surface area (Å²) in [5.41, 5.74) is 2.79. The van der Waals surface area contributed by atoms with E-state index in [0.29, 0.717) is 42.9 Å². The average molecular weight is 429 g/mol. The van der Waals surface area contributed by atoms with Crippen LogP contribution in [0.2, 0.25) is 0 Å². The van der Waals surface area contributed by atoms with E-state index in [1.807, 2.05) is 24.3 Å². The Hall–Kier alpha value is -3.81. The number of hydrogen-bond donors (Lipinski definition) is 0. The molecule has 2 aliphatic heterocycles. The number of piperazine rings is 1. The molecule has 0 unspecified atom stereocenters. The molecule has 162 valence electrons. The Morgan fingerprint density at radius 3 is 2.31 bits per heavy atom. The van der Waals surface area contributed by atoms with Gasteiger partial charge in [-0.2, -0.15) is 0 Å². The molecule has 0 N–H and O–H groups in total. The quantitative estimate of drug-likeness (QED) is 0.595. The monoisotopic (exact) mass is 429 g/mol. The molecule has 0 spiro atoms. The van der Waals surface area contributed by atoms with Crippen LogP contribution < -0.4 is 4.90 Å². The minimum atomic E-state index is -0.339. The summed E-state index contributed by atoms with van der Waals surface area (Å²) < 4.78 is 0. The number of carbonyl (C=O) groups excluding carboxylic acids is 3. The van der Waals surface area contributed by atoms with Crippen molar-refractivity contribution in [2.75, 3.05) is 31.1 Å². The maximum Gasteiger partial charge on any atom is 0.261 e. The number of aromatic nitrogens is 2. The second-order valence-electron chi connectivity index (χ2n) is 8.33. The second kappa shape index (κ2) is 7.71. The molecule has 3 heterocycles. The van der Waals surface area contributed by atoms with Crippen LogP contribution in [0.3, 0.4) is 0 Å². The van der Waals surface area contributed by atoms with Crippen LogP contribution in [0.25, 0.3) is 11.0 Å². The van der Waals surface area contributed by atoms with E-state index in [9.17, 15) is 14.4 Å². The molecule has 1 saturated heterocycles. The summed E-state index contributed by atoms with van der Waals surface area (Å²) in [4.78, 5) is 52.5. The van der Waals surface area contributed by atoms with Gasteiger partial charge in [-0.15, -0.1) is 0 Å². The first kappa shape index (κ1) is 20.1. The third-order valence-electron chi connectivity index (χ3n) is 6.01. The third kappa shape index (κ3) is 3.28. The molecule has 0 radical (unpaired) electrons. The minimum absolute atomic E-state index is 0.139. The fourth-order valence-corrected chi connectivity index (χ4v) is 4.28. The zero-order valence-corrected chi connectivity index (χ0v) is 18.0. The zero-order chi connectivity index (χ0) is 22.4. The van der Waals surface area contributed by atoms with Gasteiger partial charge in [0.15, 0.2) is 0 Å². The molecule has 0 atom stereocenters. The lowest BCUT2D eigenvalue weighted by Crippen LogP contribution is -2.49. The molecule has 32 heavy (non-hydrogen) atoms. The van der Waals surface area contributed by atoms with E-state index in [1.165, 1.54) is 4.90 Å². The van der Waals surface area contributed by atoms with Gasteiger partial charge in [0.1, 0.15) is 5.82 Å². The predicted octanol–water partition coefficient (Wildman–Crippen LogP) is 2.60. The van der Waals surface area contributed by atoms with Crippen LogP contribution in [0.5, 0.6) is 0 Å². The van der Waals surface area contributed by atoms with Crippen LogP contribution in [-0.4, -0.2) is 69.7 Å². The van der Waals surface area contributed by atoms with Crippen molar-refractivity contribution in [3.05, 3.63) is 65.4 Å². The Morgan fingerprint density at radius 1 is 0.906 bits per heavy atom. The minimum Gasteiger partial charge on any atom is -0.352 e. The van der Waals surface area contributed by atoms with Crippen molar-refractivity contribution in [1.29, 1.82) is 0 Å². The summed E-state index contributed by atoms with van der Waals surface area (Å²) in [5.74, 6) is 0.0185. The molecule has 2 aliphatic rings. The molecule has 8 heteroatoms. The maximum atomic E-state index is 13.1. The highest BCUT2D eigenvalue weighted by Crippen LogP contribution is 2.26. The highest BCUT2D eigenvalue weighted by atomic mass is 16.2. The second-order valence-corrected chi connectivity index (χ2v) is 8.33. The normalized spacial score (nSPS) is 16.3. The van der Waals surface area contributed by atoms with Crippen molar-refractivity contribution in [3.8, 4) is 0 Å². The van der Waals surface area contributed by atoms with Crippen molar-refractivity contribution in [2.24, 2.45) is 0 Å². The van der Waals surface area contributed by atoms with Gasteiger partial charge in [-0.3, -0.25) is 24.3 Å². The van der Waals surface area contributed by atoms with E-state index >= 15 is 0 Å². The van der Waals surface area contributed by atoms with E-state index in [0.717, 1.165) is 16.9 Å². The lowest BCUT2D eigenvalue weighted by atomic mass is 10.0. The van der Waals surface area contributed by atoms with Crippen molar-refractivity contribution in [2.45, 2.75) is 19.9 Å².